The van der Waals surface area contributed by atoms with E-state index in [1.165, 1.54) is 23.4 Å². The quantitative estimate of drug-likeness (QED) is 0.438. The lowest BCUT2D eigenvalue weighted by Crippen LogP contribution is -2.65. The van der Waals surface area contributed by atoms with Crippen LogP contribution in [0.25, 0.3) is 10.2 Å². The van der Waals surface area contributed by atoms with Gasteiger partial charge in [0, 0.05) is 32.7 Å². The first-order valence-corrected chi connectivity index (χ1v) is 12.4. The number of hydrazine groups is 1. The lowest BCUT2D eigenvalue weighted by molar-refractivity contribution is -0.157. The number of piperazine rings is 1. The van der Waals surface area contributed by atoms with Crippen LogP contribution in [0.2, 0.25) is 0 Å². The van der Waals surface area contributed by atoms with Gasteiger partial charge in [0.2, 0.25) is 11.8 Å². The molecular weight excluding hydrogens is 480 g/mol. The van der Waals surface area contributed by atoms with Gasteiger partial charge in [-0.3, -0.25) is 14.6 Å². The Kier molecular flexibility index (Phi) is 6.14. The number of amides is 4. The zero-order valence-corrected chi connectivity index (χ0v) is 20.9. The number of nitrogens with two attached hydrogens (primary N) is 2. The highest BCUT2D eigenvalue weighted by molar-refractivity contribution is 7.22. The molecule has 0 aliphatic carbocycles. The summed E-state index contributed by atoms with van der Waals surface area (Å²) in [5.41, 5.74) is 14.9. The van der Waals surface area contributed by atoms with Crippen LogP contribution >= 0.6 is 11.3 Å². The van der Waals surface area contributed by atoms with Gasteiger partial charge in [0.25, 0.3) is 0 Å². The molecule has 0 bridgehead atoms. The van der Waals surface area contributed by atoms with Gasteiger partial charge in [-0.15, -0.1) is 0 Å². The molecule has 0 saturated carbocycles. The average molecular weight is 509 g/mol. The Balaban J connectivity index is 1.50. The van der Waals surface area contributed by atoms with E-state index in [0.29, 0.717) is 23.8 Å². The summed E-state index contributed by atoms with van der Waals surface area (Å²) >= 11 is 1.40. The topological polar surface area (TPSA) is 141 Å². The number of hydrogen-bond acceptors (Lipinski definition) is 8. The predicted octanol–water partition coefficient (Wildman–Crippen LogP) is 1.07. The molecule has 0 spiro atoms. The van der Waals surface area contributed by atoms with E-state index in [4.69, 9.17) is 11.5 Å². The number of fused-ring (bicyclic) bond motifs is 2. The third kappa shape index (κ3) is 4.18. The van der Waals surface area contributed by atoms with Crippen molar-refractivity contribution < 1.29 is 14.4 Å². The summed E-state index contributed by atoms with van der Waals surface area (Å²) in [4.78, 5) is 47.3. The van der Waals surface area contributed by atoms with Crippen molar-refractivity contribution in [1.29, 1.82) is 0 Å². The zero-order valence-electron chi connectivity index (χ0n) is 20.0. The first-order valence-electron chi connectivity index (χ1n) is 11.6. The molecule has 188 valence electrons. The SMILES string of the molecule is CNC(=O)N(C)N1CC(=O)N2[C@@H](Cc3ccc(N)cc3)C(=O)N(Cc3cccc4sc(N)nc34)C[C@@H]21. The van der Waals surface area contributed by atoms with Gasteiger partial charge in [0.1, 0.15) is 12.2 Å². The molecule has 36 heavy (non-hydrogen) atoms. The molecule has 2 saturated heterocycles. The Bertz CT molecular complexity index is 1330. The standard InChI is InChI=1S/C24H28N8O3S/c1-27-24(35)29(2)31-13-20(33)32-17(10-14-6-8-16(25)9-7-14)22(34)30(12-19(31)32)11-15-4-3-5-18-21(15)28-23(26)36-18/h3-9,17,19H,10-13,25H2,1-2H3,(H2,26,28)(H,27,35)/t17-,19+/m0/s1. The fraction of sp³-hybridized carbons (Fsp3) is 0.333. The molecular formula is C24H28N8O3S. The highest BCUT2D eigenvalue weighted by atomic mass is 32.1. The van der Waals surface area contributed by atoms with Crippen molar-refractivity contribution in [3.8, 4) is 0 Å². The molecule has 1 aromatic heterocycles. The second-order valence-corrected chi connectivity index (χ2v) is 10.0. The minimum absolute atomic E-state index is 0.00610. The maximum Gasteiger partial charge on any atom is 0.331 e. The number of hydrogen-bond donors (Lipinski definition) is 3. The molecule has 0 unspecified atom stereocenters. The number of aromatic nitrogens is 1. The number of benzene rings is 2. The normalized spacial score (nSPS) is 20.2. The third-order valence-electron chi connectivity index (χ3n) is 6.75. The van der Waals surface area contributed by atoms with E-state index in [0.717, 1.165) is 21.3 Å². The Morgan fingerprint density at radius 2 is 1.94 bits per heavy atom. The van der Waals surface area contributed by atoms with Crippen molar-refractivity contribution in [3.63, 3.8) is 0 Å². The van der Waals surface area contributed by atoms with Gasteiger partial charge in [0.05, 0.1) is 23.3 Å². The second-order valence-electron chi connectivity index (χ2n) is 8.95. The van der Waals surface area contributed by atoms with Crippen LogP contribution in [-0.4, -0.2) is 82.0 Å². The smallest absolute Gasteiger partial charge is 0.331 e. The lowest BCUT2D eigenvalue weighted by Gasteiger charge is -2.45. The fourth-order valence-corrected chi connectivity index (χ4v) is 5.74. The van der Waals surface area contributed by atoms with Gasteiger partial charge in [-0.1, -0.05) is 35.6 Å². The number of rotatable bonds is 5. The summed E-state index contributed by atoms with van der Waals surface area (Å²) in [6.07, 6.45) is -0.153. The van der Waals surface area contributed by atoms with Crippen molar-refractivity contribution >= 4 is 50.2 Å². The molecule has 5 rings (SSSR count). The largest absolute Gasteiger partial charge is 0.399 e. The summed E-state index contributed by atoms with van der Waals surface area (Å²) in [7, 11) is 3.15. The Labute approximate surface area is 212 Å². The third-order valence-corrected chi connectivity index (χ3v) is 7.60. The number of thiazole rings is 1. The van der Waals surface area contributed by atoms with Crippen molar-refractivity contribution in [1.82, 2.24) is 30.1 Å². The van der Waals surface area contributed by atoms with Crippen LogP contribution in [0.3, 0.4) is 0 Å². The van der Waals surface area contributed by atoms with Gasteiger partial charge in [-0.05, 0) is 29.3 Å². The second kappa shape index (κ2) is 9.28. The average Bonchev–Trinajstić information content (AvgIpc) is 3.41. The molecule has 2 aliphatic rings. The van der Waals surface area contributed by atoms with Crippen LogP contribution in [0.15, 0.2) is 42.5 Å². The number of urea groups is 1. The minimum atomic E-state index is -0.720. The van der Waals surface area contributed by atoms with Gasteiger partial charge < -0.3 is 26.6 Å². The van der Waals surface area contributed by atoms with E-state index in [9.17, 15) is 14.4 Å². The predicted molar refractivity (Wildman–Crippen MR) is 137 cm³/mol. The van der Waals surface area contributed by atoms with E-state index in [1.807, 2.05) is 30.3 Å². The number of anilines is 2. The van der Waals surface area contributed by atoms with Crippen LogP contribution < -0.4 is 16.8 Å². The molecule has 2 fully saturated rings. The molecule has 3 aromatic rings. The van der Waals surface area contributed by atoms with Gasteiger partial charge in [-0.25, -0.2) is 9.78 Å². The first-order chi connectivity index (χ1) is 17.3. The first kappa shape index (κ1) is 23.8. The number of nitrogens with zero attached hydrogens (tertiary/aromatic N) is 5. The molecule has 2 atom stereocenters. The molecule has 11 nitrogen and oxygen atoms in total. The van der Waals surface area contributed by atoms with E-state index >= 15 is 0 Å². The maximum atomic E-state index is 13.9. The van der Waals surface area contributed by atoms with Crippen molar-refractivity contribution in [3.05, 3.63) is 53.6 Å². The molecule has 0 radical (unpaired) electrons. The minimum Gasteiger partial charge on any atom is -0.399 e. The van der Waals surface area contributed by atoms with Crippen LogP contribution in [0, 0.1) is 0 Å². The molecule has 2 aliphatic heterocycles. The van der Waals surface area contributed by atoms with E-state index in [1.54, 1.807) is 34.0 Å². The summed E-state index contributed by atoms with van der Waals surface area (Å²) in [5, 5.41) is 6.17. The zero-order chi connectivity index (χ0) is 25.6. The maximum absolute atomic E-state index is 13.9. The summed E-state index contributed by atoms with van der Waals surface area (Å²) in [6.45, 7) is 0.569. The van der Waals surface area contributed by atoms with Crippen molar-refractivity contribution in [2.75, 3.05) is 38.7 Å². The van der Waals surface area contributed by atoms with Crippen LogP contribution in [0.5, 0.6) is 0 Å². The van der Waals surface area contributed by atoms with E-state index < -0.39 is 12.2 Å². The highest BCUT2D eigenvalue weighted by Gasteiger charge is 2.51. The molecule has 4 amide bonds. The van der Waals surface area contributed by atoms with E-state index in [-0.39, 0.29) is 30.9 Å². The molecule has 5 N–H and O–H groups in total. The monoisotopic (exact) mass is 508 g/mol. The Hall–Kier alpha value is -3.90. The Morgan fingerprint density at radius 3 is 2.67 bits per heavy atom. The Morgan fingerprint density at radius 1 is 1.19 bits per heavy atom. The highest BCUT2D eigenvalue weighted by Crippen LogP contribution is 2.32. The fourth-order valence-electron chi connectivity index (χ4n) is 4.96. The van der Waals surface area contributed by atoms with Crippen LogP contribution in [0.4, 0.5) is 15.6 Å². The van der Waals surface area contributed by atoms with E-state index in [2.05, 4.69) is 10.3 Å². The molecule has 12 heteroatoms. The van der Waals surface area contributed by atoms with Gasteiger partial charge in [-0.2, -0.15) is 5.01 Å². The number of nitrogen functional groups attached to an aromatic ring is 2. The number of carbonyl (C=O) groups excluding carboxylic acids is 3. The van der Waals surface area contributed by atoms with Crippen molar-refractivity contribution in [2.24, 2.45) is 0 Å². The molecule has 3 heterocycles. The molecule has 2 aromatic carbocycles. The number of carbonyl (C=O) groups is 3. The number of nitrogens with one attached hydrogen (secondary N) is 1. The number of para-hydroxylation sites is 1. The van der Waals surface area contributed by atoms with Gasteiger partial charge in [0.15, 0.2) is 5.13 Å². The lowest BCUT2D eigenvalue weighted by atomic mass is 9.99. The van der Waals surface area contributed by atoms with Gasteiger partial charge >= 0.3 is 6.03 Å². The summed E-state index contributed by atoms with van der Waals surface area (Å²) in [5.74, 6) is -0.348. The summed E-state index contributed by atoms with van der Waals surface area (Å²) < 4.78 is 0.950. The van der Waals surface area contributed by atoms with Crippen LogP contribution in [0.1, 0.15) is 11.1 Å². The van der Waals surface area contributed by atoms with Crippen LogP contribution in [-0.2, 0) is 22.6 Å². The summed E-state index contributed by atoms with van der Waals surface area (Å²) in [6, 6.07) is 12.0. The van der Waals surface area contributed by atoms with Crippen molar-refractivity contribution in [2.45, 2.75) is 25.2 Å².